The number of para-hydroxylation sites is 1. The van der Waals surface area contributed by atoms with Crippen LogP contribution in [0.4, 0.5) is 13.2 Å². The van der Waals surface area contributed by atoms with Crippen molar-refractivity contribution in [3.8, 4) is 5.75 Å². The molecule has 0 saturated carbocycles. The van der Waals surface area contributed by atoms with Crippen molar-refractivity contribution in [2.24, 2.45) is 0 Å². The maximum Gasteiger partial charge on any atom is 0.454 e. The van der Waals surface area contributed by atoms with Crippen molar-refractivity contribution in [1.29, 1.82) is 0 Å². The van der Waals surface area contributed by atoms with Crippen LogP contribution in [0.3, 0.4) is 0 Å². The summed E-state index contributed by atoms with van der Waals surface area (Å²) in [4.78, 5) is 11.7. The normalized spacial score (nSPS) is 12.4. The minimum absolute atomic E-state index is 0.0456. The molecule has 148 valence electrons. The monoisotopic (exact) mass is 389 g/mol. The van der Waals surface area contributed by atoms with Crippen LogP contribution >= 0.6 is 0 Å². The fourth-order valence-corrected chi connectivity index (χ4v) is 3.08. The molecule has 1 aromatic heterocycles. The molecular formula is C22H22F3NO2. The quantitative estimate of drug-likeness (QED) is 0.519. The highest BCUT2D eigenvalue weighted by molar-refractivity contribution is 6.10. The van der Waals surface area contributed by atoms with E-state index in [9.17, 15) is 18.0 Å². The molecule has 0 fully saturated rings. The minimum atomic E-state index is -4.90. The number of aromatic nitrogens is 1. The lowest BCUT2D eigenvalue weighted by atomic mass is 9.87. The molecule has 0 aliphatic heterocycles. The summed E-state index contributed by atoms with van der Waals surface area (Å²) < 4.78 is 46.0. The first-order valence-corrected chi connectivity index (χ1v) is 9.00. The van der Waals surface area contributed by atoms with Crippen LogP contribution in [0, 0.1) is 0 Å². The molecule has 3 nitrogen and oxygen atoms in total. The molecule has 3 aromatic rings. The predicted octanol–water partition coefficient (Wildman–Crippen LogP) is 5.76. The number of ketones is 1. The zero-order valence-electron chi connectivity index (χ0n) is 16.0. The number of hydrogen-bond donors (Lipinski definition) is 0. The summed E-state index contributed by atoms with van der Waals surface area (Å²) in [5.74, 6) is -1.14. The van der Waals surface area contributed by atoms with Gasteiger partial charge in [0.25, 0.3) is 5.78 Å². The fraction of sp³-hybridized carbons (Fsp3) is 0.318. The van der Waals surface area contributed by atoms with Gasteiger partial charge in [0.05, 0.1) is 12.1 Å². The van der Waals surface area contributed by atoms with E-state index in [4.69, 9.17) is 4.74 Å². The third-order valence-electron chi connectivity index (χ3n) is 4.61. The van der Waals surface area contributed by atoms with Crippen molar-refractivity contribution in [2.75, 3.05) is 6.61 Å². The second kappa shape index (κ2) is 7.34. The first-order valence-electron chi connectivity index (χ1n) is 9.00. The van der Waals surface area contributed by atoms with Gasteiger partial charge < -0.3 is 9.30 Å². The van der Waals surface area contributed by atoms with E-state index in [0.29, 0.717) is 23.2 Å². The van der Waals surface area contributed by atoms with Gasteiger partial charge in [0.15, 0.2) is 0 Å². The van der Waals surface area contributed by atoms with Crippen LogP contribution in [0.25, 0.3) is 10.9 Å². The van der Waals surface area contributed by atoms with Gasteiger partial charge in [-0.15, -0.1) is 0 Å². The summed E-state index contributed by atoms with van der Waals surface area (Å²) in [6.45, 7) is 6.97. The van der Waals surface area contributed by atoms with Crippen LogP contribution in [0.2, 0.25) is 0 Å². The number of halogens is 3. The fourth-order valence-electron chi connectivity index (χ4n) is 3.08. The number of hydrogen-bond acceptors (Lipinski definition) is 2. The van der Waals surface area contributed by atoms with Crippen molar-refractivity contribution in [3.63, 3.8) is 0 Å². The molecule has 0 spiro atoms. The molecule has 0 aliphatic carbocycles. The molecule has 0 bridgehead atoms. The van der Waals surface area contributed by atoms with Gasteiger partial charge in [-0.25, -0.2) is 0 Å². The van der Waals surface area contributed by atoms with Crippen molar-refractivity contribution >= 4 is 16.7 Å². The highest BCUT2D eigenvalue weighted by atomic mass is 19.4. The van der Waals surface area contributed by atoms with Crippen molar-refractivity contribution < 1.29 is 22.7 Å². The Balaban J connectivity index is 1.75. The van der Waals surface area contributed by atoms with Crippen molar-refractivity contribution in [3.05, 3.63) is 65.9 Å². The molecule has 0 amide bonds. The summed E-state index contributed by atoms with van der Waals surface area (Å²) in [7, 11) is 0. The molecule has 2 aromatic carbocycles. The molecule has 28 heavy (non-hydrogen) atoms. The largest absolute Gasteiger partial charge is 0.492 e. The van der Waals surface area contributed by atoms with Gasteiger partial charge in [0, 0.05) is 17.1 Å². The topological polar surface area (TPSA) is 31.2 Å². The van der Waals surface area contributed by atoms with Gasteiger partial charge in [-0.2, -0.15) is 13.2 Å². The molecular weight excluding hydrogens is 367 g/mol. The number of Topliss-reactive ketones (excluding diaryl/α,β-unsaturated/α-hetero) is 1. The molecule has 6 heteroatoms. The zero-order chi connectivity index (χ0) is 20.5. The third kappa shape index (κ3) is 4.21. The smallest absolute Gasteiger partial charge is 0.454 e. The molecule has 0 saturated heterocycles. The molecule has 0 aliphatic rings. The van der Waals surface area contributed by atoms with E-state index in [2.05, 4.69) is 20.8 Å². The van der Waals surface area contributed by atoms with Crippen molar-refractivity contribution in [1.82, 2.24) is 4.57 Å². The third-order valence-corrected chi connectivity index (χ3v) is 4.61. The molecule has 3 rings (SSSR count). The van der Waals surface area contributed by atoms with Crippen molar-refractivity contribution in [2.45, 2.75) is 38.9 Å². The number of nitrogens with zero attached hydrogens (tertiary/aromatic N) is 1. The van der Waals surface area contributed by atoms with Crippen LogP contribution in [-0.4, -0.2) is 23.1 Å². The van der Waals surface area contributed by atoms with Gasteiger partial charge in [-0.1, -0.05) is 51.1 Å². The Bertz CT molecular complexity index is 980. The molecule has 0 unspecified atom stereocenters. The summed E-state index contributed by atoms with van der Waals surface area (Å²) in [6.07, 6.45) is -3.65. The SMILES string of the molecule is CC(C)(C)c1ccc(OCCn2cc(C(=O)C(F)(F)F)c3ccccc32)cc1. The number of alkyl halides is 3. The van der Waals surface area contributed by atoms with Gasteiger partial charge in [-0.3, -0.25) is 4.79 Å². The Hall–Kier alpha value is -2.76. The summed E-state index contributed by atoms with van der Waals surface area (Å²) in [5.41, 5.74) is 1.47. The van der Waals surface area contributed by atoms with E-state index in [-0.39, 0.29) is 17.6 Å². The molecule has 0 atom stereocenters. The lowest BCUT2D eigenvalue weighted by molar-refractivity contribution is -0.0884. The van der Waals surface area contributed by atoms with Gasteiger partial charge in [0.2, 0.25) is 0 Å². The number of benzene rings is 2. The van der Waals surface area contributed by atoms with E-state index < -0.39 is 12.0 Å². The minimum Gasteiger partial charge on any atom is -0.492 e. The molecule has 0 radical (unpaired) electrons. The second-order valence-electron chi connectivity index (χ2n) is 7.70. The maximum absolute atomic E-state index is 12.9. The zero-order valence-corrected chi connectivity index (χ0v) is 16.0. The Morgan fingerprint density at radius 1 is 1.00 bits per heavy atom. The Morgan fingerprint density at radius 3 is 2.25 bits per heavy atom. The number of fused-ring (bicyclic) bond motifs is 1. The van der Waals surface area contributed by atoms with Gasteiger partial charge in [-0.05, 0) is 29.2 Å². The summed E-state index contributed by atoms with van der Waals surface area (Å²) in [6, 6.07) is 14.3. The maximum atomic E-state index is 12.9. The highest BCUT2D eigenvalue weighted by Gasteiger charge is 2.40. The van der Waals surface area contributed by atoms with Gasteiger partial charge in [0.1, 0.15) is 12.4 Å². The van der Waals surface area contributed by atoms with E-state index >= 15 is 0 Å². The Morgan fingerprint density at radius 2 is 1.64 bits per heavy atom. The predicted molar refractivity (Wildman–Crippen MR) is 103 cm³/mol. The number of carbonyl (C=O) groups excluding carboxylic acids is 1. The number of rotatable bonds is 5. The highest BCUT2D eigenvalue weighted by Crippen LogP contribution is 2.29. The van der Waals surface area contributed by atoms with Crippen LogP contribution < -0.4 is 4.74 Å². The summed E-state index contributed by atoms with van der Waals surface area (Å²) in [5, 5.41) is 0.291. The van der Waals surface area contributed by atoms with E-state index in [0.717, 1.165) is 0 Å². The van der Waals surface area contributed by atoms with E-state index in [1.807, 2.05) is 24.3 Å². The number of ether oxygens (including phenoxy) is 1. The summed E-state index contributed by atoms with van der Waals surface area (Å²) >= 11 is 0. The van der Waals surface area contributed by atoms with E-state index in [1.54, 1.807) is 22.8 Å². The van der Waals surface area contributed by atoms with Crippen LogP contribution in [-0.2, 0) is 12.0 Å². The van der Waals surface area contributed by atoms with Crippen LogP contribution in [0.15, 0.2) is 54.7 Å². The lowest BCUT2D eigenvalue weighted by Crippen LogP contribution is -2.22. The Kier molecular flexibility index (Phi) is 5.24. The standard InChI is InChI=1S/C22H22F3NO2/c1-21(2,3)15-8-10-16(11-9-15)28-13-12-26-14-18(20(27)22(23,24)25)17-6-4-5-7-19(17)26/h4-11,14H,12-13H2,1-3H3. The first-order chi connectivity index (χ1) is 13.1. The van der Waals surface area contributed by atoms with Gasteiger partial charge >= 0.3 is 6.18 Å². The van der Waals surface area contributed by atoms with Crippen LogP contribution in [0.5, 0.6) is 5.75 Å². The average molecular weight is 389 g/mol. The molecule has 1 heterocycles. The van der Waals surface area contributed by atoms with Crippen LogP contribution in [0.1, 0.15) is 36.7 Å². The second-order valence-corrected chi connectivity index (χ2v) is 7.70. The first kappa shape index (κ1) is 20.0. The van der Waals surface area contributed by atoms with E-state index in [1.165, 1.54) is 17.8 Å². The lowest BCUT2D eigenvalue weighted by Gasteiger charge is -2.19. The Labute approximate surface area is 161 Å². The number of carbonyl (C=O) groups is 1. The average Bonchev–Trinajstić information content (AvgIpc) is 2.99. The molecule has 0 N–H and O–H groups in total.